The van der Waals surface area contributed by atoms with Crippen LogP contribution >= 0.6 is 0 Å². The third-order valence-corrected chi connectivity index (χ3v) is 4.54. The topological polar surface area (TPSA) is 26.3 Å². The van der Waals surface area contributed by atoms with E-state index in [1.165, 1.54) is 38.8 Å². The fourth-order valence-corrected chi connectivity index (χ4v) is 3.58. The second kappa shape index (κ2) is 5.38. The van der Waals surface area contributed by atoms with Gasteiger partial charge in [0, 0.05) is 19.3 Å². The Bertz CT molecular complexity index is 275. The maximum atomic E-state index is 11.7. The Morgan fingerprint density at radius 1 is 1.24 bits per heavy atom. The highest BCUT2D eigenvalue weighted by Crippen LogP contribution is 2.33. The molecule has 0 aromatic carbocycles. The van der Waals surface area contributed by atoms with Crippen molar-refractivity contribution in [3.63, 3.8) is 0 Å². The summed E-state index contributed by atoms with van der Waals surface area (Å²) in [6, 6.07) is 0.568. The summed E-state index contributed by atoms with van der Waals surface area (Å²) < 4.78 is 6.85. The lowest BCUT2D eigenvalue weighted by Crippen LogP contribution is -2.63. The van der Waals surface area contributed by atoms with Gasteiger partial charge in [-0.15, -0.1) is 0 Å². The van der Waals surface area contributed by atoms with Crippen molar-refractivity contribution >= 4 is 5.97 Å². The number of carbonyl (C=O) groups excluding carboxylic acids is 1. The maximum absolute atomic E-state index is 11.7. The SMILES string of the molecule is CCCC(=O)O[C@@H]1CCC[N+]2(C)CCCC[C@H]12. The highest BCUT2D eigenvalue weighted by atomic mass is 16.5. The van der Waals surface area contributed by atoms with Crippen LogP contribution in [0.5, 0.6) is 0 Å². The molecular formula is C14H26NO2+. The van der Waals surface area contributed by atoms with E-state index in [4.69, 9.17) is 4.74 Å². The van der Waals surface area contributed by atoms with Gasteiger partial charge in [0.05, 0.1) is 20.1 Å². The molecule has 17 heavy (non-hydrogen) atoms. The van der Waals surface area contributed by atoms with Crippen molar-refractivity contribution < 1.29 is 14.0 Å². The van der Waals surface area contributed by atoms with Crippen LogP contribution in [0.4, 0.5) is 0 Å². The molecule has 2 aliphatic rings. The Kier molecular flexibility index (Phi) is 4.08. The van der Waals surface area contributed by atoms with E-state index in [0.29, 0.717) is 12.5 Å². The van der Waals surface area contributed by atoms with Gasteiger partial charge in [0.15, 0.2) is 6.10 Å². The van der Waals surface area contributed by atoms with Crippen molar-refractivity contribution in [3.8, 4) is 0 Å². The summed E-state index contributed by atoms with van der Waals surface area (Å²) in [6.07, 6.45) is 7.82. The van der Waals surface area contributed by atoms with E-state index in [1.54, 1.807) is 0 Å². The largest absolute Gasteiger partial charge is 0.456 e. The number of carbonyl (C=O) groups is 1. The number of hydrogen-bond acceptors (Lipinski definition) is 2. The zero-order valence-corrected chi connectivity index (χ0v) is 11.3. The van der Waals surface area contributed by atoms with Gasteiger partial charge in [0.1, 0.15) is 6.04 Å². The van der Waals surface area contributed by atoms with Crippen LogP contribution < -0.4 is 0 Å². The van der Waals surface area contributed by atoms with Gasteiger partial charge in [-0.05, 0) is 25.7 Å². The molecule has 0 bridgehead atoms. The molecular weight excluding hydrogens is 214 g/mol. The van der Waals surface area contributed by atoms with Crippen molar-refractivity contribution in [1.82, 2.24) is 0 Å². The van der Waals surface area contributed by atoms with E-state index in [-0.39, 0.29) is 12.1 Å². The highest BCUT2D eigenvalue weighted by molar-refractivity contribution is 5.69. The number of esters is 1. The lowest BCUT2D eigenvalue weighted by molar-refractivity contribution is -0.946. The van der Waals surface area contributed by atoms with E-state index in [0.717, 1.165) is 17.3 Å². The van der Waals surface area contributed by atoms with Gasteiger partial charge < -0.3 is 9.22 Å². The van der Waals surface area contributed by atoms with E-state index in [1.807, 2.05) is 6.92 Å². The first-order chi connectivity index (χ1) is 8.15. The van der Waals surface area contributed by atoms with E-state index >= 15 is 0 Å². The molecule has 3 heteroatoms. The number of fused-ring (bicyclic) bond motifs is 1. The lowest BCUT2D eigenvalue weighted by atomic mass is 9.88. The van der Waals surface area contributed by atoms with Crippen LogP contribution in [0.3, 0.4) is 0 Å². The quantitative estimate of drug-likeness (QED) is 0.559. The zero-order chi connectivity index (χ0) is 12.3. The highest BCUT2D eigenvalue weighted by Gasteiger charge is 2.45. The minimum absolute atomic E-state index is 0.0107. The smallest absolute Gasteiger partial charge is 0.306 e. The van der Waals surface area contributed by atoms with E-state index < -0.39 is 0 Å². The minimum Gasteiger partial charge on any atom is -0.456 e. The van der Waals surface area contributed by atoms with Crippen molar-refractivity contribution in [2.24, 2.45) is 0 Å². The average Bonchev–Trinajstić information content (AvgIpc) is 2.29. The van der Waals surface area contributed by atoms with Crippen molar-refractivity contribution in [3.05, 3.63) is 0 Å². The minimum atomic E-state index is 0.0107. The second-order valence-electron chi connectivity index (χ2n) is 5.91. The molecule has 0 aliphatic carbocycles. The molecule has 2 aliphatic heterocycles. The summed E-state index contributed by atoms with van der Waals surface area (Å²) in [5.74, 6) is 0.0107. The molecule has 98 valence electrons. The van der Waals surface area contributed by atoms with Crippen molar-refractivity contribution in [1.29, 1.82) is 0 Å². The van der Waals surface area contributed by atoms with Gasteiger partial charge >= 0.3 is 5.97 Å². The molecule has 0 amide bonds. The predicted octanol–water partition coefficient (Wildman–Crippen LogP) is 2.49. The molecule has 2 heterocycles. The van der Waals surface area contributed by atoms with Crippen LogP contribution in [0.15, 0.2) is 0 Å². The van der Waals surface area contributed by atoms with Gasteiger partial charge in [-0.2, -0.15) is 0 Å². The summed E-state index contributed by atoms with van der Waals surface area (Å²) >= 11 is 0. The van der Waals surface area contributed by atoms with Crippen molar-refractivity contribution in [2.45, 2.75) is 64.0 Å². The third kappa shape index (κ3) is 2.82. The van der Waals surface area contributed by atoms with Gasteiger partial charge in [-0.25, -0.2) is 0 Å². The number of ether oxygens (including phenoxy) is 1. The number of hydrogen-bond donors (Lipinski definition) is 0. The number of likely N-dealkylation sites (N-methyl/N-ethyl adjacent to an activating group) is 1. The summed E-state index contributed by atoms with van der Waals surface area (Å²) in [7, 11) is 2.35. The van der Waals surface area contributed by atoms with E-state index in [2.05, 4.69) is 7.05 Å². The molecule has 0 aromatic heterocycles. The Labute approximate surface area is 105 Å². The number of rotatable bonds is 3. The zero-order valence-electron chi connectivity index (χ0n) is 11.3. The molecule has 0 saturated carbocycles. The fourth-order valence-electron chi connectivity index (χ4n) is 3.58. The van der Waals surface area contributed by atoms with Crippen LogP contribution in [0.1, 0.15) is 51.9 Å². The van der Waals surface area contributed by atoms with Gasteiger partial charge in [0.2, 0.25) is 0 Å². The molecule has 0 aromatic rings. The predicted molar refractivity (Wildman–Crippen MR) is 67.6 cm³/mol. The first-order valence-electron chi connectivity index (χ1n) is 7.19. The number of piperidine rings is 2. The molecule has 2 fully saturated rings. The molecule has 3 nitrogen and oxygen atoms in total. The van der Waals surface area contributed by atoms with E-state index in [9.17, 15) is 4.79 Å². The summed E-state index contributed by atoms with van der Waals surface area (Å²) in [5.41, 5.74) is 0. The first-order valence-corrected chi connectivity index (χ1v) is 7.19. The maximum Gasteiger partial charge on any atom is 0.306 e. The third-order valence-electron chi connectivity index (χ3n) is 4.54. The standard InChI is InChI=1S/C14H26NO2/c1-3-7-14(16)17-13-9-6-11-15(2)10-5-4-8-12(13)15/h12-13H,3-11H2,1-2H3/q+1/t12-,13-,15?/m1/s1. The Hall–Kier alpha value is -0.570. The lowest BCUT2D eigenvalue weighted by Gasteiger charge is -2.50. The molecule has 2 saturated heterocycles. The molecule has 0 N–H and O–H groups in total. The Balaban J connectivity index is 1.99. The van der Waals surface area contributed by atoms with Gasteiger partial charge in [0.25, 0.3) is 0 Å². The number of nitrogens with zero attached hydrogens (tertiary/aromatic N) is 1. The first kappa shape index (κ1) is 12.9. The van der Waals surface area contributed by atoms with Gasteiger partial charge in [-0.3, -0.25) is 4.79 Å². The molecule has 1 unspecified atom stereocenters. The summed E-state index contributed by atoms with van der Waals surface area (Å²) in [4.78, 5) is 11.7. The number of quaternary nitrogens is 1. The monoisotopic (exact) mass is 240 g/mol. The summed E-state index contributed by atoms with van der Waals surface area (Å²) in [6.45, 7) is 4.57. The average molecular weight is 240 g/mol. The van der Waals surface area contributed by atoms with Crippen LogP contribution in [0.2, 0.25) is 0 Å². The molecule has 2 rings (SSSR count). The van der Waals surface area contributed by atoms with Crippen LogP contribution in [0, 0.1) is 0 Å². The molecule has 0 spiro atoms. The van der Waals surface area contributed by atoms with Crippen LogP contribution in [-0.2, 0) is 9.53 Å². The van der Waals surface area contributed by atoms with Crippen LogP contribution in [0.25, 0.3) is 0 Å². The summed E-state index contributed by atoms with van der Waals surface area (Å²) in [5, 5.41) is 0. The van der Waals surface area contributed by atoms with Gasteiger partial charge in [-0.1, -0.05) is 6.92 Å². The second-order valence-corrected chi connectivity index (χ2v) is 5.91. The van der Waals surface area contributed by atoms with Crippen LogP contribution in [-0.4, -0.2) is 42.7 Å². The fraction of sp³-hybridized carbons (Fsp3) is 0.929. The molecule has 0 radical (unpaired) electrons. The normalized spacial score (nSPS) is 37.3. The Morgan fingerprint density at radius 3 is 2.76 bits per heavy atom. The van der Waals surface area contributed by atoms with Crippen molar-refractivity contribution in [2.75, 3.05) is 20.1 Å². The molecule has 3 atom stereocenters. The Morgan fingerprint density at radius 2 is 2.00 bits per heavy atom.